The van der Waals surface area contributed by atoms with Crippen LogP contribution in [0.25, 0.3) is 5.57 Å². The molecule has 0 spiro atoms. The standard InChI is InChI=1S/C26H34O6/c1-5-17-13-19-18-9-6-7-10-22(27)21(26(28)29)14-20(18)25(16(2)3)32-24(19)15-23(17)31-12-8-11-30-4/h13-16,25H,5-12H2,1-4H3,(H,28,29). The molecule has 0 radical (unpaired) electrons. The van der Waals surface area contributed by atoms with Crippen LogP contribution in [0.15, 0.2) is 29.4 Å². The number of methoxy groups -OCH3 is 1. The molecular weight excluding hydrogens is 408 g/mol. The fourth-order valence-corrected chi connectivity index (χ4v) is 4.35. The Morgan fingerprint density at radius 2 is 1.97 bits per heavy atom. The monoisotopic (exact) mass is 442 g/mol. The highest BCUT2D eigenvalue weighted by Crippen LogP contribution is 2.44. The van der Waals surface area contributed by atoms with Gasteiger partial charge in [-0.2, -0.15) is 0 Å². The van der Waals surface area contributed by atoms with Gasteiger partial charge in [-0.05, 0) is 60.5 Å². The summed E-state index contributed by atoms with van der Waals surface area (Å²) < 4.78 is 17.6. The average Bonchev–Trinajstić information content (AvgIpc) is 2.84. The highest BCUT2D eigenvalue weighted by atomic mass is 16.5. The van der Waals surface area contributed by atoms with Crippen molar-refractivity contribution in [1.29, 1.82) is 0 Å². The summed E-state index contributed by atoms with van der Waals surface area (Å²) in [5.74, 6) is 0.193. The summed E-state index contributed by atoms with van der Waals surface area (Å²) in [6, 6.07) is 4.08. The van der Waals surface area contributed by atoms with Crippen LogP contribution in [-0.4, -0.2) is 43.3 Å². The maximum Gasteiger partial charge on any atom is 0.339 e. The van der Waals surface area contributed by atoms with Gasteiger partial charge in [-0.15, -0.1) is 0 Å². The normalized spacial score (nSPS) is 18.7. The molecule has 1 aromatic rings. The van der Waals surface area contributed by atoms with Crippen molar-refractivity contribution < 1.29 is 28.9 Å². The smallest absolute Gasteiger partial charge is 0.339 e. The van der Waals surface area contributed by atoms with Gasteiger partial charge in [0.1, 0.15) is 23.2 Å². The van der Waals surface area contributed by atoms with E-state index in [1.54, 1.807) is 13.2 Å². The van der Waals surface area contributed by atoms with E-state index < -0.39 is 5.97 Å². The second-order valence-corrected chi connectivity index (χ2v) is 8.71. The third-order valence-electron chi connectivity index (χ3n) is 6.04. The Bertz CT molecular complexity index is 924. The molecule has 0 saturated carbocycles. The third kappa shape index (κ3) is 5.23. The quantitative estimate of drug-likeness (QED) is 0.451. The maximum absolute atomic E-state index is 12.5. The Morgan fingerprint density at radius 3 is 2.62 bits per heavy atom. The predicted octanol–water partition coefficient (Wildman–Crippen LogP) is 4.99. The van der Waals surface area contributed by atoms with Gasteiger partial charge in [0.2, 0.25) is 0 Å². The van der Waals surface area contributed by atoms with Gasteiger partial charge in [0.25, 0.3) is 0 Å². The second-order valence-electron chi connectivity index (χ2n) is 8.71. The number of aryl methyl sites for hydroxylation is 1. The highest BCUT2D eigenvalue weighted by molar-refractivity contribution is 6.17. The van der Waals surface area contributed by atoms with Crippen molar-refractivity contribution in [3.8, 4) is 11.5 Å². The third-order valence-corrected chi connectivity index (χ3v) is 6.04. The molecule has 1 aromatic carbocycles. The number of aliphatic carboxylic acids is 1. The number of fused-ring (bicyclic) bond motifs is 2. The number of ketones is 1. The maximum atomic E-state index is 12.5. The lowest BCUT2D eigenvalue weighted by atomic mass is 9.84. The van der Waals surface area contributed by atoms with Crippen molar-refractivity contribution in [1.82, 2.24) is 0 Å². The van der Waals surface area contributed by atoms with Gasteiger partial charge in [-0.1, -0.05) is 20.8 Å². The first-order chi connectivity index (χ1) is 15.4. The predicted molar refractivity (Wildman–Crippen MR) is 123 cm³/mol. The van der Waals surface area contributed by atoms with Crippen molar-refractivity contribution in [2.75, 3.05) is 20.3 Å². The molecule has 0 aromatic heterocycles. The number of hydrogen-bond acceptors (Lipinski definition) is 5. The Labute approximate surface area is 190 Å². The van der Waals surface area contributed by atoms with Crippen LogP contribution >= 0.6 is 0 Å². The van der Waals surface area contributed by atoms with Crippen LogP contribution in [0.3, 0.4) is 0 Å². The molecule has 1 unspecified atom stereocenters. The molecule has 32 heavy (non-hydrogen) atoms. The number of hydrogen-bond donors (Lipinski definition) is 1. The molecule has 0 fully saturated rings. The molecule has 1 atom stereocenters. The van der Waals surface area contributed by atoms with Crippen molar-refractivity contribution >= 4 is 17.3 Å². The van der Waals surface area contributed by atoms with Crippen LogP contribution in [0.4, 0.5) is 0 Å². The van der Waals surface area contributed by atoms with E-state index in [1.165, 1.54) is 0 Å². The number of allylic oxidation sites excluding steroid dienone is 1. The topological polar surface area (TPSA) is 82.1 Å². The second kappa shape index (κ2) is 10.8. The van der Waals surface area contributed by atoms with E-state index in [2.05, 4.69) is 13.0 Å². The summed E-state index contributed by atoms with van der Waals surface area (Å²) in [6.07, 6.45) is 5.38. The minimum Gasteiger partial charge on any atom is -0.493 e. The molecule has 0 amide bonds. The first-order valence-electron chi connectivity index (χ1n) is 11.5. The summed E-state index contributed by atoms with van der Waals surface area (Å²) >= 11 is 0. The number of Topliss-reactive ketones (excluding diaryl/α,β-unsaturated/α-hetero) is 1. The van der Waals surface area contributed by atoms with Crippen molar-refractivity contribution in [2.24, 2.45) is 5.92 Å². The number of ether oxygens (including phenoxy) is 3. The lowest BCUT2D eigenvalue weighted by Crippen LogP contribution is -2.30. The van der Waals surface area contributed by atoms with E-state index in [1.807, 2.05) is 19.9 Å². The van der Waals surface area contributed by atoms with Gasteiger partial charge < -0.3 is 19.3 Å². The zero-order valence-corrected chi connectivity index (χ0v) is 19.5. The lowest BCUT2D eigenvalue weighted by Gasteiger charge is -2.33. The Kier molecular flexibility index (Phi) is 8.13. The van der Waals surface area contributed by atoms with Crippen molar-refractivity contribution in [3.05, 3.63) is 40.5 Å². The van der Waals surface area contributed by atoms with Crippen LogP contribution in [0.5, 0.6) is 11.5 Å². The van der Waals surface area contributed by atoms with Gasteiger partial charge in [0, 0.05) is 38.2 Å². The van der Waals surface area contributed by atoms with E-state index in [4.69, 9.17) is 14.2 Å². The zero-order valence-electron chi connectivity index (χ0n) is 19.5. The number of carbonyl (C=O) groups excluding carboxylic acids is 1. The number of carboxylic acids is 1. The molecule has 0 bridgehead atoms. The van der Waals surface area contributed by atoms with Crippen LogP contribution in [0.2, 0.25) is 0 Å². The molecule has 1 aliphatic carbocycles. The van der Waals surface area contributed by atoms with Crippen LogP contribution < -0.4 is 9.47 Å². The fraction of sp³-hybridized carbons (Fsp3) is 0.538. The largest absolute Gasteiger partial charge is 0.493 e. The van der Waals surface area contributed by atoms with Gasteiger partial charge >= 0.3 is 5.97 Å². The van der Waals surface area contributed by atoms with E-state index in [9.17, 15) is 14.7 Å². The minimum atomic E-state index is -1.17. The number of carbonyl (C=O) groups is 2. The molecule has 1 heterocycles. The lowest BCUT2D eigenvalue weighted by molar-refractivity contribution is -0.134. The number of carboxylic acid groups (broad SMARTS) is 1. The molecule has 6 nitrogen and oxygen atoms in total. The Hall–Kier alpha value is -2.60. The molecule has 1 aliphatic heterocycles. The average molecular weight is 443 g/mol. The molecule has 3 rings (SSSR count). The van der Waals surface area contributed by atoms with Crippen LogP contribution in [0.1, 0.15) is 64.0 Å². The highest BCUT2D eigenvalue weighted by Gasteiger charge is 2.33. The Balaban J connectivity index is 2.13. The van der Waals surface area contributed by atoms with Gasteiger partial charge in [0.05, 0.1) is 6.61 Å². The van der Waals surface area contributed by atoms with Crippen molar-refractivity contribution in [3.63, 3.8) is 0 Å². The molecule has 174 valence electrons. The Morgan fingerprint density at radius 1 is 1.22 bits per heavy atom. The fourth-order valence-electron chi connectivity index (χ4n) is 4.35. The summed E-state index contributed by atoms with van der Waals surface area (Å²) in [7, 11) is 1.68. The van der Waals surface area contributed by atoms with Gasteiger partial charge in [-0.25, -0.2) is 4.79 Å². The van der Waals surface area contributed by atoms with E-state index in [0.717, 1.165) is 59.5 Å². The number of benzene rings is 1. The van der Waals surface area contributed by atoms with Crippen molar-refractivity contribution in [2.45, 2.75) is 65.4 Å². The van der Waals surface area contributed by atoms with Crippen LogP contribution in [0, 0.1) is 5.92 Å². The summed E-state index contributed by atoms with van der Waals surface area (Å²) in [4.78, 5) is 24.4. The summed E-state index contributed by atoms with van der Waals surface area (Å²) in [5, 5.41) is 9.69. The minimum absolute atomic E-state index is 0.104. The summed E-state index contributed by atoms with van der Waals surface area (Å²) in [5.41, 5.74) is 3.81. The SMILES string of the molecule is CCc1cc2c(cc1OCCCOC)OC(C(C)C)C1=C2CCCCC(=O)C(C(=O)O)=C1. The first kappa shape index (κ1) is 24.1. The number of rotatable bonds is 8. The molecule has 1 N–H and O–H groups in total. The van der Waals surface area contributed by atoms with Crippen LogP contribution in [-0.2, 0) is 20.7 Å². The molecule has 0 saturated heterocycles. The molecular formula is C26H34O6. The van der Waals surface area contributed by atoms with Gasteiger partial charge in [0.15, 0.2) is 5.78 Å². The van der Waals surface area contributed by atoms with E-state index in [-0.39, 0.29) is 29.8 Å². The van der Waals surface area contributed by atoms with E-state index >= 15 is 0 Å². The molecule has 2 aliphatic rings. The first-order valence-corrected chi connectivity index (χ1v) is 11.5. The molecule has 6 heteroatoms. The summed E-state index contributed by atoms with van der Waals surface area (Å²) in [6.45, 7) is 7.39. The van der Waals surface area contributed by atoms with Gasteiger partial charge in [-0.3, -0.25) is 4.79 Å². The zero-order chi connectivity index (χ0) is 23.3. The van der Waals surface area contributed by atoms with E-state index in [0.29, 0.717) is 19.6 Å².